The summed E-state index contributed by atoms with van der Waals surface area (Å²) in [6, 6.07) is 7.30. The van der Waals surface area contributed by atoms with E-state index >= 15 is 0 Å². The highest BCUT2D eigenvalue weighted by Crippen LogP contribution is 2.07. The average Bonchev–Trinajstić information content (AvgIpc) is 2.45. The maximum Gasteiger partial charge on any atom is 0.215 e. The number of nitrogens with one attached hydrogen (secondary N) is 1. The highest BCUT2D eigenvalue weighted by molar-refractivity contribution is 7.88. The molecule has 3 N–H and O–H groups in total. The van der Waals surface area contributed by atoms with Gasteiger partial charge in [0.15, 0.2) is 0 Å². The predicted octanol–water partition coefficient (Wildman–Crippen LogP) is 0.143. The summed E-state index contributed by atoms with van der Waals surface area (Å²) in [5, 5.41) is 0. The SMILES string of the molecule is COCCN(C)CCNS(=O)(=O)Cc1ccc(CN)cc1. The van der Waals surface area contributed by atoms with Gasteiger partial charge >= 0.3 is 0 Å². The van der Waals surface area contributed by atoms with Crippen LogP contribution in [0.1, 0.15) is 11.1 Å². The number of likely N-dealkylation sites (N-methyl/N-ethyl adjacent to an activating group) is 1. The Morgan fingerprint density at radius 3 is 2.38 bits per heavy atom. The molecule has 0 atom stereocenters. The zero-order valence-electron chi connectivity index (χ0n) is 12.7. The van der Waals surface area contributed by atoms with Crippen LogP contribution in [0, 0.1) is 0 Å². The molecule has 0 amide bonds. The van der Waals surface area contributed by atoms with Gasteiger partial charge in [-0.25, -0.2) is 13.1 Å². The molecular weight excluding hydrogens is 290 g/mol. The van der Waals surface area contributed by atoms with Crippen molar-refractivity contribution in [2.24, 2.45) is 5.73 Å². The molecule has 0 fully saturated rings. The standard InChI is InChI=1S/C14H25N3O3S/c1-17(9-10-20-2)8-7-16-21(18,19)12-14-5-3-13(11-15)4-6-14/h3-6,16H,7-12,15H2,1-2H3. The molecule has 21 heavy (non-hydrogen) atoms. The largest absolute Gasteiger partial charge is 0.383 e. The minimum atomic E-state index is -3.31. The van der Waals surface area contributed by atoms with Gasteiger partial charge in [-0.05, 0) is 18.2 Å². The first-order valence-electron chi connectivity index (χ1n) is 6.89. The molecule has 0 saturated carbocycles. The first-order valence-corrected chi connectivity index (χ1v) is 8.55. The van der Waals surface area contributed by atoms with Gasteiger partial charge in [-0.2, -0.15) is 0 Å². The number of ether oxygens (including phenoxy) is 1. The van der Waals surface area contributed by atoms with Crippen LogP contribution in [0.2, 0.25) is 0 Å². The Kier molecular flexibility index (Phi) is 7.84. The Balaban J connectivity index is 2.39. The summed E-state index contributed by atoms with van der Waals surface area (Å²) < 4.78 is 31.5. The monoisotopic (exact) mass is 315 g/mol. The van der Waals surface area contributed by atoms with Gasteiger partial charge in [0.25, 0.3) is 0 Å². The van der Waals surface area contributed by atoms with E-state index in [1.54, 1.807) is 19.2 Å². The fourth-order valence-electron chi connectivity index (χ4n) is 1.79. The van der Waals surface area contributed by atoms with Crippen LogP contribution >= 0.6 is 0 Å². The molecule has 1 aromatic rings. The second kappa shape index (κ2) is 9.11. The van der Waals surface area contributed by atoms with Crippen molar-refractivity contribution in [3.05, 3.63) is 35.4 Å². The van der Waals surface area contributed by atoms with E-state index in [1.807, 2.05) is 24.1 Å². The van der Waals surface area contributed by atoms with Crippen LogP contribution in [0.5, 0.6) is 0 Å². The molecule has 6 nitrogen and oxygen atoms in total. The molecule has 1 rings (SSSR count). The fourth-order valence-corrected chi connectivity index (χ4v) is 2.93. The molecule has 120 valence electrons. The summed E-state index contributed by atoms with van der Waals surface area (Å²) in [7, 11) is 0.265. The lowest BCUT2D eigenvalue weighted by Crippen LogP contribution is -2.34. The Labute approximate surface area is 127 Å². The van der Waals surface area contributed by atoms with E-state index in [-0.39, 0.29) is 5.75 Å². The van der Waals surface area contributed by atoms with Crippen molar-refractivity contribution in [1.29, 1.82) is 0 Å². The maximum absolute atomic E-state index is 12.0. The molecule has 0 aliphatic carbocycles. The minimum Gasteiger partial charge on any atom is -0.383 e. The number of rotatable bonds is 10. The summed E-state index contributed by atoms with van der Waals surface area (Å²) in [4.78, 5) is 2.02. The van der Waals surface area contributed by atoms with E-state index in [0.717, 1.165) is 17.7 Å². The number of methoxy groups -OCH3 is 1. The second-order valence-corrected chi connectivity index (χ2v) is 6.78. The van der Waals surface area contributed by atoms with Crippen molar-refractivity contribution in [3.8, 4) is 0 Å². The van der Waals surface area contributed by atoms with Crippen molar-refractivity contribution in [2.75, 3.05) is 40.4 Å². The summed E-state index contributed by atoms with van der Waals surface area (Å²) in [6.07, 6.45) is 0. The number of nitrogens with two attached hydrogens (primary N) is 1. The first kappa shape index (κ1) is 18.1. The van der Waals surface area contributed by atoms with Gasteiger partial charge in [0, 0.05) is 33.3 Å². The van der Waals surface area contributed by atoms with Gasteiger partial charge < -0.3 is 15.4 Å². The topological polar surface area (TPSA) is 84.7 Å². The first-order chi connectivity index (χ1) is 9.96. The highest BCUT2D eigenvalue weighted by Gasteiger charge is 2.11. The van der Waals surface area contributed by atoms with Crippen LogP contribution in [0.3, 0.4) is 0 Å². The molecule has 0 spiro atoms. The van der Waals surface area contributed by atoms with Crippen LogP contribution in [-0.2, 0) is 27.1 Å². The third-order valence-corrected chi connectivity index (χ3v) is 4.47. The van der Waals surface area contributed by atoms with E-state index in [0.29, 0.717) is 26.2 Å². The summed E-state index contributed by atoms with van der Waals surface area (Å²) in [5.74, 6) is -0.0142. The molecule has 0 saturated heterocycles. The number of benzene rings is 1. The van der Waals surface area contributed by atoms with Crippen LogP contribution < -0.4 is 10.5 Å². The molecule has 0 aliphatic rings. The predicted molar refractivity (Wildman–Crippen MR) is 84.3 cm³/mol. The van der Waals surface area contributed by atoms with Gasteiger partial charge in [0.05, 0.1) is 12.4 Å². The van der Waals surface area contributed by atoms with Crippen molar-refractivity contribution in [1.82, 2.24) is 9.62 Å². The van der Waals surface area contributed by atoms with E-state index in [9.17, 15) is 8.42 Å². The lowest BCUT2D eigenvalue weighted by Gasteiger charge is -2.16. The maximum atomic E-state index is 12.0. The second-order valence-electron chi connectivity index (χ2n) is 4.97. The lowest BCUT2D eigenvalue weighted by molar-refractivity contribution is 0.162. The highest BCUT2D eigenvalue weighted by atomic mass is 32.2. The Bertz CT molecular complexity index is 503. The van der Waals surface area contributed by atoms with Crippen molar-refractivity contribution in [3.63, 3.8) is 0 Å². The molecule has 0 aliphatic heterocycles. The number of hydrogen-bond donors (Lipinski definition) is 2. The Morgan fingerprint density at radius 2 is 1.81 bits per heavy atom. The Hall–Kier alpha value is -0.990. The normalized spacial score (nSPS) is 12.0. The quantitative estimate of drug-likeness (QED) is 0.642. The molecular formula is C14H25N3O3S. The summed E-state index contributed by atoms with van der Waals surface area (Å²) in [6.45, 7) is 2.91. The number of hydrogen-bond acceptors (Lipinski definition) is 5. The summed E-state index contributed by atoms with van der Waals surface area (Å²) >= 11 is 0. The summed E-state index contributed by atoms with van der Waals surface area (Å²) in [5.41, 5.74) is 7.26. The molecule has 0 bridgehead atoms. The van der Waals surface area contributed by atoms with E-state index in [4.69, 9.17) is 10.5 Å². The molecule has 1 aromatic carbocycles. The van der Waals surface area contributed by atoms with Gasteiger partial charge in [-0.15, -0.1) is 0 Å². The molecule has 0 radical (unpaired) electrons. The van der Waals surface area contributed by atoms with Crippen molar-refractivity contribution >= 4 is 10.0 Å². The molecule has 7 heteroatoms. The van der Waals surface area contributed by atoms with E-state index in [2.05, 4.69) is 4.72 Å². The molecule has 0 heterocycles. The molecule has 0 aromatic heterocycles. The minimum absolute atomic E-state index is 0.0142. The van der Waals surface area contributed by atoms with E-state index < -0.39 is 10.0 Å². The molecule has 0 unspecified atom stereocenters. The fraction of sp³-hybridized carbons (Fsp3) is 0.571. The lowest BCUT2D eigenvalue weighted by atomic mass is 10.1. The zero-order valence-corrected chi connectivity index (χ0v) is 13.5. The van der Waals surface area contributed by atoms with Crippen LogP contribution in [0.25, 0.3) is 0 Å². The third-order valence-electron chi connectivity index (χ3n) is 3.11. The zero-order chi connectivity index (χ0) is 15.7. The van der Waals surface area contributed by atoms with Gasteiger partial charge in [-0.3, -0.25) is 0 Å². The number of nitrogens with zero attached hydrogens (tertiary/aromatic N) is 1. The van der Waals surface area contributed by atoms with Crippen LogP contribution in [-0.4, -0.2) is 53.7 Å². The smallest absolute Gasteiger partial charge is 0.215 e. The van der Waals surface area contributed by atoms with Gasteiger partial charge in [-0.1, -0.05) is 24.3 Å². The van der Waals surface area contributed by atoms with Gasteiger partial charge in [0.2, 0.25) is 10.0 Å². The Morgan fingerprint density at radius 1 is 1.19 bits per heavy atom. The van der Waals surface area contributed by atoms with Crippen LogP contribution in [0.15, 0.2) is 24.3 Å². The number of sulfonamides is 1. The average molecular weight is 315 g/mol. The third kappa shape index (κ3) is 7.54. The van der Waals surface area contributed by atoms with Crippen molar-refractivity contribution < 1.29 is 13.2 Å². The van der Waals surface area contributed by atoms with Crippen molar-refractivity contribution in [2.45, 2.75) is 12.3 Å². The van der Waals surface area contributed by atoms with E-state index in [1.165, 1.54) is 0 Å². The van der Waals surface area contributed by atoms with Gasteiger partial charge in [0.1, 0.15) is 0 Å². The van der Waals surface area contributed by atoms with Crippen LogP contribution in [0.4, 0.5) is 0 Å².